The van der Waals surface area contributed by atoms with Gasteiger partial charge in [-0.3, -0.25) is 4.79 Å². The van der Waals surface area contributed by atoms with Gasteiger partial charge in [-0.15, -0.1) is 0 Å². The number of esters is 1. The molecule has 16 heavy (non-hydrogen) atoms. The fourth-order valence-electron chi connectivity index (χ4n) is 0.941. The summed E-state index contributed by atoms with van der Waals surface area (Å²) in [5.74, 6) is 0.150. The summed E-state index contributed by atoms with van der Waals surface area (Å²) in [6, 6.07) is 1.70. The quantitative estimate of drug-likeness (QED) is 0.491. The molecule has 0 fully saturated rings. The first-order chi connectivity index (χ1) is 7.37. The molecule has 0 aliphatic rings. The Hall–Kier alpha value is -1.30. The Morgan fingerprint density at radius 2 is 2.25 bits per heavy atom. The highest BCUT2D eigenvalue weighted by Gasteiger charge is 2.16. The molecule has 0 spiro atoms. The first kappa shape index (κ1) is 12.8. The summed E-state index contributed by atoms with van der Waals surface area (Å²) < 4.78 is 5.16. The lowest BCUT2D eigenvalue weighted by atomic mass is 10.2. The molecule has 0 aliphatic carbocycles. The van der Waals surface area contributed by atoms with Crippen molar-refractivity contribution in [2.45, 2.75) is 31.4 Å². The second-order valence-corrected chi connectivity index (χ2v) is 5.12. The van der Waals surface area contributed by atoms with Gasteiger partial charge in [0.25, 0.3) is 0 Å². The summed E-state index contributed by atoms with van der Waals surface area (Å²) in [5.41, 5.74) is 4.96. The van der Waals surface area contributed by atoms with Crippen LogP contribution in [0.4, 0.5) is 5.95 Å². The maximum absolute atomic E-state index is 11.4. The van der Waals surface area contributed by atoms with E-state index in [2.05, 4.69) is 9.97 Å². The van der Waals surface area contributed by atoms with E-state index in [-0.39, 0.29) is 17.7 Å². The van der Waals surface area contributed by atoms with Crippen molar-refractivity contribution in [3.8, 4) is 0 Å². The third-order valence-corrected chi connectivity index (χ3v) is 2.31. The number of ether oxygens (including phenoxy) is 1. The lowest BCUT2D eigenvalue weighted by Crippen LogP contribution is -2.24. The van der Waals surface area contributed by atoms with Crippen LogP contribution in [0.25, 0.3) is 0 Å². The number of rotatable bonds is 3. The molecule has 1 aromatic rings. The largest absolute Gasteiger partial charge is 0.459 e. The number of nitrogen functional groups attached to an aromatic ring is 1. The van der Waals surface area contributed by atoms with Gasteiger partial charge in [0.1, 0.15) is 10.6 Å². The van der Waals surface area contributed by atoms with E-state index >= 15 is 0 Å². The van der Waals surface area contributed by atoms with Gasteiger partial charge in [-0.25, -0.2) is 9.97 Å². The van der Waals surface area contributed by atoms with Gasteiger partial charge in [-0.05, 0) is 26.8 Å². The van der Waals surface area contributed by atoms with Crippen LogP contribution in [0.15, 0.2) is 17.3 Å². The zero-order chi connectivity index (χ0) is 12.2. The summed E-state index contributed by atoms with van der Waals surface area (Å²) in [7, 11) is 0. The van der Waals surface area contributed by atoms with Crippen LogP contribution in [0, 0.1) is 0 Å². The SMILES string of the molecule is CC(C)(C)OC(=O)CSc1ccnc(N)n1. The number of hydrogen-bond donors (Lipinski definition) is 1. The van der Waals surface area contributed by atoms with Gasteiger partial charge in [0.15, 0.2) is 0 Å². The van der Waals surface area contributed by atoms with Gasteiger partial charge in [0, 0.05) is 6.20 Å². The molecular formula is C10H15N3O2S. The van der Waals surface area contributed by atoms with E-state index in [1.54, 1.807) is 12.3 Å². The number of aromatic nitrogens is 2. The number of anilines is 1. The third-order valence-electron chi connectivity index (χ3n) is 1.41. The van der Waals surface area contributed by atoms with Crippen LogP contribution in [0.1, 0.15) is 20.8 Å². The molecule has 0 aromatic carbocycles. The Morgan fingerprint density at radius 1 is 1.56 bits per heavy atom. The van der Waals surface area contributed by atoms with E-state index < -0.39 is 5.60 Å². The molecule has 0 amide bonds. The molecule has 1 rings (SSSR count). The van der Waals surface area contributed by atoms with Gasteiger partial charge >= 0.3 is 5.97 Å². The highest BCUT2D eigenvalue weighted by atomic mass is 32.2. The first-order valence-corrected chi connectivity index (χ1v) is 5.78. The Kier molecular flexibility index (Phi) is 4.12. The lowest BCUT2D eigenvalue weighted by Gasteiger charge is -2.19. The minimum absolute atomic E-state index is 0.203. The number of nitrogens with two attached hydrogens (primary N) is 1. The van der Waals surface area contributed by atoms with Crippen molar-refractivity contribution in [2.75, 3.05) is 11.5 Å². The highest BCUT2D eigenvalue weighted by Crippen LogP contribution is 2.16. The van der Waals surface area contributed by atoms with Crippen LogP contribution in [0.5, 0.6) is 0 Å². The predicted octanol–water partition coefficient (Wildman–Crippen LogP) is 1.49. The van der Waals surface area contributed by atoms with Crippen LogP contribution >= 0.6 is 11.8 Å². The van der Waals surface area contributed by atoms with Crippen molar-refractivity contribution < 1.29 is 9.53 Å². The van der Waals surface area contributed by atoms with Crippen molar-refractivity contribution in [1.29, 1.82) is 0 Å². The average molecular weight is 241 g/mol. The Balaban J connectivity index is 2.43. The fourth-order valence-corrected chi connectivity index (χ4v) is 1.58. The molecule has 0 saturated carbocycles. The van der Waals surface area contributed by atoms with Gasteiger partial charge in [0.05, 0.1) is 5.75 Å². The molecule has 6 heteroatoms. The Bertz CT molecular complexity index is 377. The number of nitrogens with zero attached hydrogens (tertiary/aromatic N) is 2. The zero-order valence-corrected chi connectivity index (χ0v) is 10.4. The molecule has 0 aliphatic heterocycles. The average Bonchev–Trinajstić information content (AvgIpc) is 2.12. The van der Waals surface area contributed by atoms with Crippen molar-refractivity contribution in [2.24, 2.45) is 0 Å². The zero-order valence-electron chi connectivity index (χ0n) is 9.56. The highest BCUT2D eigenvalue weighted by molar-refractivity contribution is 7.99. The van der Waals surface area contributed by atoms with E-state index in [0.717, 1.165) is 0 Å². The van der Waals surface area contributed by atoms with Crippen LogP contribution in [-0.2, 0) is 9.53 Å². The van der Waals surface area contributed by atoms with Crippen molar-refractivity contribution >= 4 is 23.7 Å². The summed E-state index contributed by atoms with van der Waals surface area (Å²) >= 11 is 1.28. The van der Waals surface area contributed by atoms with Crippen molar-refractivity contribution in [1.82, 2.24) is 9.97 Å². The monoisotopic (exact) mass is 241 g/mol. The number of carbonyl (C=O) groups is 1. The van der Waals surface area contributed by atoms with Gasteiger partial charge in [0.2, 0.25) is 5.95 Å². The number of hydrogen-bond acceptors (Lipinski definition) is 6. The molecule has 5 nitrogen and oxygen atoms in total. The minimum atomic E-state index is -0.456. The van der Waals surface area contributed by atoms with Crippen LogP contribution in [-0.4, -0.2) is 27.3 Å². The van der Waals surface area contributed by atoms with Crippen LogP contribution < -0.4 is 5.73 Å². The molecule has 0 bridgehead atoms. The van der Waals surface area contributed by atoms with E-state index in [9.17, 15) is 4.79 Å². The molecule has 0 unspecified atom stereocenters. The van der Waals surface area contributed by atoms with Gasteiger partial charge in [-0.2, -0.15) is 0 Å². The maximum atomic E-state index is 11.4. The fraction of sp³-hybridized carbons (Fsp3) is 0.500. The molecule has 88 valence electrons. The molecular weight excluding hydrogens is 226 g/mol. The Morgan fingerprint density at radius 3 is 2.81 bits per heavy atom. The standard InChI is InChI=1S/C10H15N3O2S/c1-10(2,3)15-8(14)6-16-7-4-5-12-9(11)13-7/h4-5H,6H2,1-3H3,(H2,11,12,13). The Labute approximate surface area is 98.8 Å². The number of carbonyl (C=O) groups excluding carboxylic acids is 1. The van der Waals surface area contributed by atoms with Crippen LogP contribution in [0.2, 0.25) is 0 Å². The molecule has 1 heterocycles. The smallest absolute Gasteiger partial charge is 0.316 e. The lowest BCUT2D eigenvalue weighted by molar-refractivity contribution is -0.151. The van der Waals surface area contributed by atoms with Crippen molar-refractivity contribution in [3.63, 3.8) is 0 Å². The molecule has 1 aromatic heterocycles. The summed E-state index contributed by atoms with van der Waals surface area (Å²) in [5, 5.41) is 0.665. The summed E-state index contributed by atoms with van der Waals surface area (Å²) in [4.78, 5) is 19.1. The summed E-state index contributed by atoms with van der Waals surface area (Å²) in [6.07, 6.45) is 1.56. The third kappa shape index (κ3) is 4.97. The van der Waals surface area contributed by atoms with Gasteiger partial charge in [-0.1, -0.05) is 11.8 Å². The van der Waals surface area contributed by atoms with Gasteiger partial charge < -0.3 is 10.5 Å². The van der Waals surface area contributed by atoms with E-state index in [1.165, 1.54) is 11.8 Å². The maximum Gasteiger partial charge on any atom is 0.316 e. The second-order valence-electron chi connectivity index (χ2n) is 4.13. The summed E-state index contributed by atoms with van der Waals surface area (Å²) in [6.45, 7) is 5.49. The van der Waals surface area contributed by atoms with E-state index in [1.807, 2.05) is 20.8 Å². The molecule has 0 saturated heterocycles. The number of thioether (sulfide) groups is 1. The molecule has 0 radical (unpaired) electrons. The topological polar surface area (TPSA) is 78.1 Å². The molecule has 2 N–H and O–H groups in total. The first-order valence-electron chi connectivity index (χ1n) is 4.80. The normalized spacial score (nSPS) is 11.2. The molecule has 0 atom stereocenters. The second kappa shape index (κ2) is 5.16. The van der Waals surface area contributed by atoms with Crippen LogP contribution in [0.3, 0.4) is 0 Å². The minimum Gasteiger partial charge on any atom is -0.459 e. The van der Waals surface area contributed by atoms with Crippen molar-refractivity contribution in [3.05, 3.63) is 12.3 Å². The van der Waals surface area contributed by atoms with E-state index in [4.69, 9.17) is 10.5 Å². The van der Waals surface area contributed by atoms with E-state index in [0.29, 0.717) is 5.03 Å². The predicted molar refractivity (Wildman–Crippen MR) is 63.0 cm³/mol.